The van der Waals surface area contributed by atoms with Crippen LogP contribution in [0.5, 0.6) is 11.5 Å². The molecule has 3 N–H and O–H groups in total. The maximum Gasteiger partial charge on any atom is 0.255 e. The van der Waals surface area contributed by atoms with E-state index in [2.05, 4.69) is 5.32 Å². The zero-order valence-electron chi connectivity index (χ0n) is 13.8. The van der Waals surface area contributed by atoms with Gasteiger partial charge in [0.15, 0.2) is 18.1 Å². The Bertz CT molecular complexity index is 719. The molecule has 2 aromatic rings. The molecule has 0 unspecified atom stereocenters. The van der Waals surface area contributed by atoms with Crippen molar-refractivity contribution < 1.29 is 18.7 Å². The first-order valence-electron chi connectivity index (χ1n) is 7.53. The van der Waals surface area contributed by atoms with Crippen molar-refractivity contribution >= 4 is 5.91 Å². The van der Waals surface area contributed by atoms with Gasteiger partial charge in [-0.15, -0.1) is 0 Å². The zero-order chi connectivity index (χ0) is 17.5. The summed E-state index contributed by atoms with van der Waals surface area (Å²) in [7, 11) is 1.53. The van der Waals surface area contributed by atoms with Gasteiger partial charge in [0.2, 0.25) is 0 Å². The Hall–Kier alpha value is -2.60. The van der Waals surface area contributed by atoms with Crippen molar-refractivity contribution in [2.45, 2.75) is 20.0 Å². The smallest absolute Gasteiger partial charge is 0.255 e. The summed E-state index contributed by atoms with van der Waals surface area (Å²) in [6.07, 6.45) is 0. The van der Waals surface area contributed by atoms with Crippen LogP contribution in [0.3, 0.4) is 0 Å². The van der Waals surface area contributed by atoms with Crippen LogP contribution in [-0.2, 0) is 17.9 Å². The van der Waals surface area contributed by atoms with Crippen molar-refractivity contribution in [3.8, 4) is 11.5 Å². The second kappa shape index (κ2) is 8.31. The first kappa shape index (κ1) is 17.7. The Labute approximate surface area is 140 Å². The molecule has 5 nitrogen and oxygen atoms in total. The normalized spacial score (nSPS) is 10.5. The number of hydrogen-bond acceptors (Lipinski definition) is 4. The van der Waals surface area contributed by atoms with Crippen LogP contribution in [0.15, 0.2) is 36.4 Å². The molecule has 0 saturated carbocycles. The largest absolute Gasteiger partial charge is 0.493 e. The Balaban J connectivity index is 1.96. The van der Waals surface area contributed by atoms with Crippen LogP contribution in [0.1, 0.15) is 16.7 Å². The number of nitrogens with one attached hydrogen (secondary N) is 1. The van der Waals surface area contributed by atoms with Crippen molar-refractivity contribution in [2.75, 3.05) is 13.7 Å². The Morgan fingerprint density at radius 1 is 1.17 bits per heavy atom. The van der Waals surface area contributed by atoms with Crippen molar-refractivity contribution in [2.24, 2.45) is 5.73 Å². The van der Waals surface area contributed by atoms with Gasteiger partial charge in [0.1, 0.15) is 5.82 Å². The minimum absolute atomic E-state index is 0.197. The fourth-order valence-corrected chi connectivity index (χ4v) is 2.29. The third kappa shape index (κ3) is 4.96. The van der Waals surface area contributed by atoms with Crippen LogP contribution < -0.4 is 20.5 Å². The third-order valence-corrected chi connectivity index (χ3v) is 3.55. The highest BCUT2D eigenvalue weighted by molar-refractivity contribution is 5.75. The molecule has 0 heterocycles. The molecule has 128 valence electrons. The lowest BCUT2D eigenvalue weighted by Crippen LogP contribution is -2.20. The maximum absolute atomic E-state index is 13.1. The summed E-state index contributed by atoms with van der Waals surface area (Å²) in [6, 6.07) is 10.2. The number of benzene rings is 2. The van der Waals surface area contributed by atoms with E-state index in [9.17, 15) is 9.18 Å². The number of aryl methyl sites for hydroxylation is 1. The first-order chi connectivity index (χ1) is 11.5. The maximum atomic E-state index is 13.1. The Kier molecular flexibility index (Phi) is 6.14. The van der Waals surface area contributed by atoms with E-state index in [0.717, 1.165) is 16.7 Å². The number of methoxy groups -OCH3 is 1. The molecule has 6 heteroatoms. The van der Waals surface area contributed by atoms with Gasteiger partial charge in [0, 0.05) is 13.1 Å². The Morgan fingerprint density at radius 2 is 1.96 bits per heavy atom. The van der Waals surface area contributed by atoms with E-state index in [1.807, 2.05) is 19.1 Å². The van der Waals surface area contributed by atoms with Gasteiger partial charge in [-0.05, 0) is 47.9 Å². The summed E-state index contributed by atoms with van der Waals surface area (Å²) >= 11 is 0. The number of amides is 1. The molecule has 0 fully saturated rings. The highest BCUT2D eigenvalue weighted by Crippen LogP contribution is 2.28. The second-order valence-corrected chi connectivity index (χ2v) is 5.41. The molecular formula is C18H21FN2O3. The van der Waals surface area contributed by atoms with Gasteiger partial charge in [0.05, 0.1) is 7.11 Å². The molecule has 0 aromatic heterocycles. The number of nitrogens with two attached hydrogens (primary N) is 1. The van der Waals surface area contributed by atoms with Gasteiger partial charge in [-0.2, -0.15) is 0 Å². The first-order valence-corrected chi connectivity index (χ1v) is 7.53. The molecule has 0 aliphatic carbocycles. The van der Waals surface area contributed by atoms with Crippen molar-refractivity contribution in [1.29, 1.82) is 0 Å². The van der Waals surface area contributed by atoms with Gasteiger partial charge in [-0.1, -0.05) is 12.1 Å². The molecule has 0 saturated heterocycles. The lowest BCUT2D eigenvalue weighted by atomic mass is 10.1. The predicted molar refractivity (Wildman–Crippen MR) is 89.4 cm³/mol. The minimum atomic E-state index is -0.544. The van der Waals surface area contributed by atoms with Crippen molar-refractivity contribution in [3.63, 3.8) is 0 Å². The topological polar surface area (TPSA) is 73.6 Å². The molecular weight excluding hydrogens is 311 g/mol. The van der Waals surface area contributed by atoms with Crippen molar-refractivity contribution in [1.82, 2.24) is 5.32 Å². The van der Waals surface area contributed by atoms with Crippen LogP contribution in [0.2, 0.25) is 0 Å². The minimum Gasteiger partial charge on any atom is -0.493 e. The average molecular weight is 332 g/mol. The van der Waals surface area contributed by atoms with Crippen molar-refractivity contribution in [3.05, 3.63) is 58.9 Å². The molecule has 0 bridgehead atoms. The number of primary amides is 1. The summed E-state index contributed by atoms with van der Waals surface area (Å²) in [6.45, 7) is 2.93. The van der Waals surface area contributed by atoms with E-state index >= 15 is 0 Å². The summed E-state index contributed by atoms with van der Waals surface area (Å²) in [5.74, 6) is 0.230. The van der Waals surface area contributed by atoms with Gasteiger partial charge >= 0.3 is 0 Å². The molecule has 0 spiro atoms. The van der Waals surface area contributed by atoms with Crippen LogP contribution in [-0.4, -0.2) is 19.6 Å². The summed E-state index contributed by atoms with van der Waals surface area (Å²) < 4.78 is 23.7. The van der Waals surface area contributed by atoms with Gasteiger partial charge < -0.3 is 20.5 Å². The van der Waals surface area contributed by atoms with Crippen LogP contribution in [0, 0.1) is 12.7 Å². The van der Waals surface area contributed by atoms with Gasteiger partial charge in [0.25, 0.3) is 5.91 Å². The zero-order valence-corrected chi connectivity index (χ0v) is 13.8. The van der Waals surface area contributed by atoms with Gasteiger partial charge in [-0.3, -0.25) is 4.79 Å². The van der Waals surface area contributed by atoms with E-state index in [0.29, 0.717) is 24.6 Å². The lowest BCUT2D eigenvalue weighted by Gasteiger charge is -2.12. The average Bonchev–Trinajstić information content (AvgIpc) is 2.55. The highest BCUT2D eigenvalue weighted by Gasteiger charge is 2.07. The van der Waals surface area contributed by atoms with E-state index < -0.39 is 5.91 Å². The fourth-order valence-electron chi connectivity index (χ4n) is 2.29. The molecule has 0 aliphatic rings. The summed E-state index contributed by atoms with van der Waals surface area (Å²) in [5.41, 5.74) is 8.02. The third-order valence-electron chi connectivity index (χ3n) is 3.55. The molecule has 2 aromatic carbocycles. The van der Waals surface area contributed by atoms with E-state index in [4.69, 9.17) is 15.2 Å². The SMILES string of the molecule is COc1cc(CNCc2ccc(F)cc2C)ccc1OCC(N)=O. The van der Waals surface area contributed by atoms with Crippen LogP contribution >= 0.6 is 0 Å². The molecule has 1 amide bonds. The van der Waals surface area contributed by atoms with Crippen LogP contribution in [0.25, 0.3) is 0 Å². The van der Waals surface area contributed by atoms with Crippen LogP contribution in [0.4, 0.5) is 4.39 Å². The standard InChI is InChI=1S/C18H21FN2O3/c1-12-7-15(19)5-4-14(12)10-21-9-13-3-6-16(17(8-13)23-2)24-11-18(20)22/h3-8,21H,9-11H2,1-2H3,(H2,20,22). The number of ether oxygens (including phenoxy) is 2. The molecule has 0 aliphatic heterocycles. The van der Waals surface area contributed by atoms with E-state index in [1.54, 1.807) is 12.1 Å². The molecule has 0 radical (unpaired) electrons. The predicted octanol–water partition coefficient (Wildman–Crippen LogP) is 2.30. The van der Waals surface area contributed by atoms with E-state index in [1.165, 1.54) is 19.2 Å². The Morgan fingerprint density at radius 3 is 2.62 bits per heavy atom. The summed E-state index contributed by atoms with van der Waals surface area (Å²) in [5, 5.41) is 3.31. The van der Waals surface area contributed by atoms with E-state index in [-0.39, 0.29) is 12.4 Å². The number of hydrogen-bond donors (Lipinski definition) is 2. The lowest BCUT2D eigenvalue weighted by molar-refractivity contribution is -0.119. The number of carbonyl (C=O) groups is 1. The molecule has 24 heavy (non-hydrogen) atoms. The number of rotatable bonds is 8. The molecule has 2 rings (SSSR count). The number of halogens is 1. The quantitative estimate of drug-likeness (QED) is 0.778. The number of carbonyl (C=O) groups excluding carboxylic acids is 1. The second-order valence-electron chi connectivity index (χ2n) is 5.41. The fraction of sp³-hybridized carbons (Fsp3) is 0.278. The summed E-state index contributed by atoms with van der Waals surface area (Å²) in [4.78, 5) is 10.8. The highest BCUT2D eigenvalue weighted by atomic mass is 19.1. The monoisotopic (exact) mass is 332 g/mol. The van der Waals surface area contributed by atoms with Gasteiger partial charge in [-0.25, -0.2) is 4.39 Å². The molecule has 0 atom stereocenters.